The van der Waals surface area contributed by atoms with E-state index in [0.29, 0.717) is 18.7 Å². The maximum Gasteiger partial charge on any atom is 0.295 e. The van der Waals surface area contributed by atoms with Gasteiger partial charge in [0.05, 0.1) is 17.8 Å². The van der Waals surface area contributed by atoms with Crippen molar-refractivity contribution in [2.24, 2.45) is 5.92 Å². The van der Waals surface area contributed by atoms with Crippen LogP contribution in [-0.4, -0.2) is 41.2 Å². The van der Waals surface area contributed by atoms with Crippen LogP contribution in [0.5, 0.6) is 0 Å². The number of anilines is 1. The molecule has 0 spiro atoms. The zero-order valence-electron chi connectivity index (χ0n) is 16.6. The van der Waals surface area contributed by atoms with Crippen LogP contribution in [0.4, 0.5) is 6.01 Å². The summed E-state index contributed by atoms with van der Waals surface area (Å²) in [5, 5.41) is 9.02. The van der Waals surface area contributed by atoms with Gasteiger partial charge in [0.25, 0.3) is 11.9 Å². The molecule has 2 aromatic heterocycles. The van der Waals surface area contributed by atoms with E-state index in [-0.39, 0.29) is 11.9 Å². The summed E-state index contributed by atoms with van der Waals surface area (Å²) in [4.78, 5) is 40.5. The summed E-state index contributed by atoms with van der Waals surface area (Å²) >= 11 is 0. The Morgan fingerprint density at radius 3 is 2.87 bits per heavy atom. The van der Waals surface area contributed by atoms with Crippen LogP contribution < -0.4 is 16.0 Å². The quantitative estimate of drug-likeness (QED) is 0.531. The minimum absolute atomic E-state index is 0.123. The van der Waals surface area contributed by atoms with Crippen molar-refractivity contribution in [1.82, 2.24) is 15.6 Å². The van der Waals surface area contributed by atoms with Gasteiger partial charge in [0.1, 0.15) is 17.9 Å². The number of Topliss-reactive ketones (excluding diaryl/α,β-unsaturated/α-hetero) is 1. The van der Waals surface area contributed by atoms with Crippen LogP contribution in [0.25, 0.3) is 22.3 Å². The number of aromatic nitrogens is 1. The molecule has 9 heteroatoms. The molecule has 1 aliphatic rings. The fourth-order valence-electron chi connectivity index (χ4n) is 3.41. The first-order valence-electron chi connectivity index (χ1n) is 9.75. The molecule has 4 rings (SSSR count). The molecule has 156 valence electrons. The third-order valence-corrected chi connectivity index (χ3v) is 5.06. The molecule has 2 amide bonds. The van der Waals surface area contributed by atoms with Crippen molar-refractivity contribution < 1.29 is 23.2 Å². The Balaban J connectivity index is 1.49. The number of furan rings is 1. The van der Waals surface area contributed by atoms with Gasteiger partial charge in [-0.3, -0.25) is 14.4 Å². The zero-order valence-corrected chi connectivity index (χ0v) is 16.6. The van der Waals surface area contributed by atoms with E-state index in [9.17, 15) is 14.4 Å². The Bertz CT molecular complexity index is 1100. The van der Waals surface area contributed by atoms with Gasteiger partial charge in [-0.1, -0.05) is 32.0 Å². The van der Waals surface area contributed by atoms with Crippen molar-refractivity contribution in [2.45, 2.75) is 32.4 Å². The smallest absolute Gasteiger partial charge is 0.295 e. The SMILES string of the molecule is CC(C)C(Nc1ncc(-c2coc3ccccc23)o1)C(=O)NC1CCNC(=O)C1=O. The molecule has 0 aliphatic carbocycles. The standard InChI is InChI=1S/C21H22N4O5/c1-11(2)17(19(27)24-14-7-8-22-20(28)18(14)26)25-21-23-9-16(30-21)13-10-29-15-6-4-3-5-12(13)15/h3-6,9-11,14,17H,7-8H2,1-2H3,(H,22,28)(H,23,25)(H,24,27). The van der Waals surface area contributed by atoms with Crippen LogP contribution in [0.3, 0.4) is 0 Å². The van der Waals surface area contributed by atoms with E-state index >= 15 is 0 Å². The molecule has 3 heterocycles. The van der Waals surface area contributed by atoms with E-state index in [4.69, 9.17) is 8.83 Å². The molecule has 2 unspecified atom stereocenters. The molecule has 0 bridgehead atoms. The number of rotatable bonds is 6. The van der Waals surface area contributed by atoms with E-state index in [1.165, 1.54) is 0 Å². The number of para-hydroxylation sites is 1. The van der Waals surface area contributed by atoms with Gasteiger partial charge >= 0.3 is 0 Å². The Kier molecular flexibility index (Phi) is 5.26. The van der Waals surface area contributed by atoms with Crippen molar-refractivity contribution in [3.8, 4) is 11.3 Å². The van der Waals surface area contributed by atoms with Crippen LogP contribution in [-0.2, 0) is 14.4 Å². The number of fused-ring (bicyclic) bond motifs is 1. The molecule has 1 aliphatic heterocycles. The van der Waals surface area contributed by atoms with Crippen molar-refractivity contribution in [3.63, 3.8) is 0 Å². The lowest BCUT2D eigenvalue weighted by atomic mass is 10.0. The number of oxazole rings is 1. The summed E-state index contributed by atoms with van der Waals surface area (Å²) in [6.45, 7) is 4.07. The Morgan fingerprint density at radius 2 is 2.07 bits per heavy atom. The number of amides is 2. The minimum Gasteiger partial charge on any atom is -0.464 e. The fourth-order valence-corrected chi connectivity index (χ4v) is 3.41. The fraction of sp³-hybridized carbons (Fsp3) is 0.333. The highest BCUT2D eigenvalue weighted by molar-refractivity contribution is 6.39. The van der Waals surface area contributed by atoms with Gasteiger partial charge < -0.3 is 24.8 Å². The van der Waals surface area contributed by atoms with Gasteiger partial charge in [-0.15, -0.1) is 0 Å². The van der Waals surface area contributed by atoms with Crippen LogP contribution in [0.2, 0.25) is 0 Å². The highest BCUT2D eigenvalue weighted by atomic mass is 16.4. The number of piperidine rings is 1. The number of nitrogens with zero attached hydrogens (tertiary/aromatic N) is 1. The molecule has 0 saturated carbocycles. The van der Waals surface area contributed by atoms with E-state index in [1.807, 2.05) is 38.1 Å². The van der Waals surface area contributed by atoms with Gasteiger partial charge in [-0.25, -0.2) is 4.98 Å². The Labute approximate surface area is 172 Å². The summed E-state index contributed by atoms with van der Waals surface area (Å²) in [6.07, 6.45) is 3.52. The van der Waals surface area contributed by atoms with E-state index in [0.717, 1.165) is 16.5 Å². The van der Waals surface area contributed by atoms with Gasteiger partial charge in [0.2, 0.25) is 11.7 Å². The highest BCUT2D eigenvalue weighted by Crippen LogP contribution is 2.32. The predicted molar refractivity (Wildman–Crippen MR) is 109 cm³/mol. The topological polar surface area (TPSA) is 126 Å². The van der Waals surface area contributed by atoms with Crippen molar-refractivity contribution in [1.29, 1.82) is 0 Å². The summed E-state index contributed by atoms with van der Waals surface area (Å²) in [6, 6.07) is 6.23. The van der Waals surface area contributed by atoms with Crippen LogP contribution in [0.1, 0.15) is 20.3 Å². The number of hydrogen-bond acceptors (Lipinski definition) is 7. The lowest BCUT2D eigenvalue weighted by molar-refractivity contribution is -0.141. The van der Waals surface area contributed by atoms with E-state index < -0.39 is 29.7 Å². The number of benzene rings is 1. The first-order chi connectivity index (χ1) is 14.4. The molecule has 2 atom stereocenters. The predicted octanol–water partition coefficient (Wildman–Crippen LogP) is 2.10. The second kappa shape index (κ2) is 8.02. The molecule has 30 heavy (non-hydrogen) atoms. The second-order valence-electron chi connectivity index (χ2n) is 7.51. The molecule has 1 fully saturated rings. The highest BCUT2D eigenvalue weighted by Gasteiger charge is 2.33. The lowest BCUT2D eigenvalue weighted by Crippen LogP contribution is -2.56. The number of hydrogen-bond donors (Lipinski definition) is 3. The average molecular weight is 410 g/mol. The average Bonchev–Trinajstić information content (AvgIpc) is 3.36. The monoisotopic (exact) mass is 410 g/mol. The third kappa shape index (κ3) is 3.78. The molecule has 1 aromatic carbocycles. The minimum atomic E-state index is -0.827. The van der Waals surface area contributed by atoms with Gasteiger partial charge in [-0.05, 0) is 18.4 Å². The Morgan fingerprint density at radius 1 is 1.27 bits per heavy atom. The Hall–Kier alpha value is -3.62. The summed E-state index contributed by atoms with van der Waals surface area (Å²) in [5.41, 5.74) is 1.49. The maximum absolute atomic E-state index is 12.8. The zero-order chi connectivity index (χ0) is 21.3. The number of carbonyl (C=O) groups excluding carboxylic acids is 3. The van der Waals surface area contributed by atoms with E-state index in [1.54, 1.807) is 12.5 Å². The van der Waals surface area contributed by atoms with Crippen LogP contribution in [0.15, 0.2) is 45.6 Å². The lowest BCUT2D eigenvalue weighted by Gasteiger charge is -2.26. The second-order valence-corrected chi connectivity index (χ2v) is 7.51. The van der Waals surface area contributed by atoms with Crippen LogP contribution in [0, 0.1) is 5.92 Å². The first kappa shape index (κ1) is 19.7. The van der Waals surface area contributed by atoms with Crippen molar-refractivity contribution in [2.75, 3.05) is 11.9 Å². The molecule has 3 N–H and O–H groups in total. The van der Waals surface area contributed by atoms with Gasteiger partial charge in [0, 0.05) is 11.9 Å². The summed E-state index contributed by atoms with van der Waals surface area (Å²) < 4.78 is 11.3. The number of nitrogens with one attached hydrogen (secondary N) is 3. The molecule has 0 radical (unpaired) electrons. The van der Waals surface area contributed by atoms with E-state index in [2.05, 4.69) is 20.9 Å². The molecule has 1 saturated heterocycles. The van der Waals surface area contributed by atoms with Gasteiger partial charge in [-0.2, -0.15) is 0 Å². The summed E-state index contributed by atoms with van der Waals surface area (Å²) in [7, 11) is 0. The summed E-state index contributed by atoms with van der Waals surface area (Å²) in [5.74, 6) is -1.33. The molecule has 9 nitrogen and oxygen atoms in total. The van der Waals surface area contributed by atoms with Crippen molar-refractivity contribution >= 4 is 34.6 Å². The van der Waals surface area contributed by atoms with Crippen molar-refractivity contribution in [3.05, 3.63) is 36.7 Å². The molecule has 3 aromatic rings. The first-order valence-corrected chi connectivity index (χ1v) is 9.75. The normalized spacial score (nSPS) is 17.8. The molecular weight excluding hydrogens is 388 g/mol. The molecular formula is C21H22N4O5. The van der Waals surface area contributed by atoms with Crippen LogP contribution >= 0.6 is 0 Å². The maximum atomic E-state index is 12.8. The van der Waals surface area contributed by atoms with Gasteiger partial charge in [0.15, 0.2) is 5.76 Å². The third-order valence-electron chi connectivity index (χ3n) is 5.06. The largest absolute Gasteiger partial charge is 0.464 e. The number of ketones is 1. The number of carbonyl (C=O) groups is 3.